The Morgan fingerprint density at radius 3 is 2.62 bits per heavy atom. The summed E-state index contributed by atoms with van der Waals surface area (Å²) < 4.78 is 12.8. The van der Waals surface area contributed by atoms with Crippen molar-refractivity contribution in [2.24, 2.45) is 0 Å². The maximum Gasteiger partial charge on any atom is 0.144 e. The summed E-state index contributed by atoms with van der Waals surface area (Å²) in [6.45, 7) is 0.944. The lowest BCUT2D eigenvalue weighted by Gasteiger charge is -2.13. The largest absolute Gasteiger partial charge is 0.497 e. The Balaban J connectivity index is 1.68. The third kappa shape index (κ3) is 4.20. The summed E-state index contributed by atoms with van der Waals surface area (Å²) >= 11 is 6.28. The molecular weight excluding hydrogens is 386 g/mol. The molecule has 3 aromatic rings. The minimum atomic E-state index is 0.665. The standard InChI is InChI=1S/C23H26ClN3O2/c1-28-18-10-6-16(7-11-18)8-12-20-19-5-3-4-14-25-23(19)27(26-20)21-15-17(24)9-13-22(21)29-2/h6-7,9-11,13,15,25H,3-5,8,12,14H2,1-2H3. The van der Waals surface area contributed by atoms with Crippen molar-refractivity contribution < 1.29 is 9.47 Å². The van der Waals surface area contributed by atoms with E-state index in [2.05, 4.69) is 17.4 Å². The quantitative estimate of drug-likeness (QED) is 0.614. The van der Waals surface area contributed by atoms with Crippen LogP contribution < -0.4 is 14.8 Å². The van der Waals surface area contributed by atoms with Crippen molar-refractivity contribution in [3.05, 3.63) is 64.3 Å². The highest BCUT2D eigenvalue weighted by atomic mass is 35.5. The van der Waals surface area contributed by atoms with Gasteiger partial charge in [0.2, 0.25) is 0 Å². The molecule has 0 atom stereocenters. The molecule has 0 radical (unpaired) electrons. The molecule has 1 aliphatic rings. The van der Waals surface area contributed by atoms with Crippen LogP contribution in [-0.2, 0) is 19.3 Å². The average Bonchev–Trinajstić information content (AvgIpc) is 2.92. The summed E-state index contributed by atoms with van der Waals surface area (Å²) in [7, 11) is 3.36. The van der Waals surface area contributed by atoms with Gasteiger partial charge in [0.15, 0.2) is 0 Å². The maximum absolute atomic E-state index is 6.28. The number of ether oxygens (including phenoxy) is 2. The molecule has 2 heterocycles. The molecule has 0 spiro atoms. The van der Waals surface area contributed by atoms with Crippen LogP contribution in [0.2, 0.25) is 5.02 Å². The zero-order valence-electron chi connectivity index (χ0n) is 16.9. The Morgan fingerprint density at radius 1 is 1.03 bits per heavy atom. The molecule has 6 heteroatoms. The molecule has 5 nitrogen and oxygen atoms in total. The number of aromatic nitrogens is 2. The number of methoxy groups -OCH3 is 2. The van der Waals surface area contributed by atoms with E-state index in [1.54, 1.807) is 14.2 Å². The van der Waals surface area contributed by atoms with Crippen molar-refractivity contribution in [2.45, 2.75) is 32.1 Å². The van der Waals surface area contributed by atoms with Gasteiger partial charge in [-0.3, -0.25) is 0 Å². The fourth-order valence-electron chi connectivity index (χ4n) is 3.83. The molecule has 0 bridgehead atoms. The van der Waals surface area contributed by atoms with Gasteiger partial charge >= 0.3 is 0 Å². The summed E-state index contributed by atoms with van der Waals surface area (Å²) in [5.41, 5.74) is 4.57. The molecule has 0 fully saturated rings. The molecule has 0 aliphatic carbocycles. The number of nitrogens with one attached hydrogen (secondary N) is 1. The minimum Gasteiger partial charge on any atom is -0.497 e. The van der Waals surface area contributed by atoms with E-state index >= 15 is 0 Å². The van der Waals surface area contributed by atoms with Crippen LogP contribution in [0.25, 0.3) is 5.69 Å². The Labute approximate surface area is 176 Å². The van der Waals surface area contributed by atoms with Gasteiger partial charge in [-0.05, 0) is 68.0 Å². The molecule has 1 N–H and O–H groups in total. The number of hydrogen-bond acceptors (Lipinski definition) is 4. The van der Waals surface area contributed by atoms with Crippen molar-refractivity contribution in [3.8, 4) is 17.2 Å². The monoisotopic (exact) mass is 411 g/mol. The van der Waals surface area contributed by atoms with Crippen molar-refractivity contribution in [1.82, 2.24) is 9.78 Å². The lowest BCUT2D eigenvalue weighted by molar-refractivity contribution is 0.412. The highest BCUT2D eigenvalue weighted by Crippen LogP contribution is 2.33. The molecule has 0 amide bonds. The number of aryl methyl sites for hydroxylation is 2. The second kappa shape index (κ2) is 8.78. The Kier molecular flexibility index (Phi) is 5.95. The smallest absolute Gasteiger partial charge is 0.144 e. The van der Waals surface area contributed by atoms with Gasteiger partial charge in [-0.25, -0.2) is 4.68 Å². The van der Waals surface area contributed by atoms with Crippen LogP contribution in [0.15, 0.2) is 42.5 Å². The first-order valence-electron chi connectivity index (χ1n) is 10.0. The topological polar surface area (TPSA) is 48.3 Å². The molecule has 1 aliphatic heterocycles. The van der Waals surface area contributed by atoms with Gasteiger partial charge in [-0.1, -0.05) is 23.7 Å². The van der Waals surface area contributed by atoms with Gasteiger partial charge < -0.3 is 14.8 Å². The maximum atomic E-state index is 6.28. The van der Waals surface area contributed by atoms with E-state index in [-0.39, 0.29) is 0 Å². The summed E-state index contributed by atoms with van der Waals surface area (Å²) in [4.78, 5) is 0. The van der Waals surface area contributed by atoms with Crippen LogP contribution in [-0.4, -0.2) is 30.5 Å². The van der Waals surface area contributed by atoms with E-state index in [1.807, 2.05) is 35.0 Å². The van der Waals surface area contributed by atoms with Crippen LogP contribution >= 0.6 is 11.6 Å². The van der Waals surface area contributed by atoms with Crippen molar-refractivity contribution in [1.29, 1.82) is 0 Å². The number of benzene rings is 2. The number of fused-ring (bicyclic) bond motifs is 1. The van der Waals surface area contributed by atoms with E-state index in [4.69, 9.17) is 26.2 Å². The lowest BCUT2D eigenvalue weighted by Crippen LogP contribution is -2.08. The molecule has 0 saturated carbocycles. The number of hydrogen-bond donors (Lipinski definition) is 1. The van der Waals surface area contributed by atoms with E-state index in [0.717, 1.165) is 67.3 Å². The molecule has 152 valence electrons. The molecule has 29 heavy (non-hydrogen) atoms. The molecule has 0 unspecified atom stereocenters. The van der Waals surface area contributed by atoms with Gasteiger partial charge in [0.25, 0.3) is 0 Å². The second-order valence-electron chi connectivity index (χ2n) is 7.23. The fraction of sp³-hybridized carbons (Fsp3) is 0.348. The molecule has 4 rings (SSSR count). The Hall–Kier alpha value is -2.66. The predicted octanol–water partition coefficient (Wildman–Crippen LogP) is 5.08. The van der Waals surface area contributed by atoms with E-state index in [9.17, 15) is 0 Å². The molecule has 0 saturated heterocycles. The average molecular weight is 412 g/mol. The summed E-state index contributed by atoms with van der Waals surface area (Å²) in [5, 5.41) is 9.24. The first-order valence-corrected chi connectivity index (χ1v) is 10.4. The zero-order chi connectivity index (χ0) is 20.2. The van der Waals surface area contributed by atoms with Crippen LogP contribution in [0.5, 0.6) is 11.5 Å². The summed E-state index contributed by atoms with van der Waals surface area (Å²) in [6.07, 6.45) is 5.16. The van der Waals surface area contributed by atoms with Gasteiger partial charge in [0.05, 0.1) is 19.9 Å². The summed E-state index contributed by atoms with van der Waals surface area (Å²) in [5.74, 6) is 2.70. The zero-order valence-corrected chi connectivity index (χ0v) is 17.6. The van der Waals surface area contributed by atoms with Crippen molar-refractivity contribution in [3.63, 3.8) is 0 Å². The van der Waals surface area contributed by atoms with E-state index in [0.29, 0.717) is 5.02 Å². The fourth-order valence-corrected chi connectivity index (χ4v) is 4.00. The number of rotatable bonds is 6. The van der Waals surface area contributed by atoms with E-state index in [1.165, 1.54) is 11.1 Å². The third-order valence-corrected chi connectivity index (χ3v) is 5.63. The van der Waals surface area contributed by atoms with E-state index < -0.39 is 0 Å². The highest BCUT2D eigenvalue weighted by molar-refractivity contribution is 6.30. The lowest BCUT2D eigenvalue weighted by atomic mass is 10.0. The highest BCUT2D eigenvalue weighted by Gasteiger charge is 2.22. The van der Waals surface area contributed by atoms with Crippen molar-refractivity contribution >= 4 is 17.4 Å². The molecule has 2 aromatic carbocycles. The van der Waals surface area contributed by atoms with Crippen molar-refractivity contribution in [2.75, 3.05) is 26.1 Å². The molecular formula is C23H26ClN3O2. The number of halogens is 1. The summed E-state index contributed by atoms with van der Waals surface area (Å²) in [6, 6.07) is 13.9. The van der Waals surface area contributed by atoms with Gasteiger partial charge in [-0.2, -0.15) is 5.10 Å². The number of nitrogens with zero attached hydrogens (tertiary/aromatic N) is 2. The Bertz CT molecular complexity index is 983. The first kappa shape index (κ1) is 19.6. The Morgan fingerprint density at radius 2 is 1.86 bits per heavy atom. The first-order chi connectivity index (χ1) is 14.2. The van der Waals surface area contributed by atoms with Crippen LogP contribution in [0.4, 0.5) is 5.82 Å². The second-order valence-corrected chi connectivity index (χ2v) is 7.67. The van der Waals surface area contributed by atoms with Gasteiger partial charge in [0, 0.05) is 17.1 Å². The molecule has 1 aromatic heterocycles. The normalized spacial score (nSPS) is 13.3. The van der Waals surface area contributed by atoms with Gasteiger partial charge in [-0.15, -0.1) is 0 Å². The predicted molar refractivity (Wildman–Crippen MR) is 117 cm³/mol. The SMILES string of the molecule is COc1ccc(CCc2nn(-c3cc(Cl)ccc3OC)c3c2CCCCN3)cc1. The third-order valence-electron chi connectivity index (χ3n) is 5.39. The van der Waals surface area contributed by atoms with Crippen LogP contribution in [0.1, 0.15) is 29.7 Å². The minimum absolute atomic E-state index is 0.665. The van der Waals surface area contributed by atoms with Gasteiger partial charge in [0.1, 0.15) is 23.0 Å². The number of anilines is 1. The van der Waals surface area contributed by atoms with Crippen LogP contribution in [0, 0.1) is 0 Å². The van der Waals surface area contributed by atoms with Crippen LogP contribution in [0.3, 0.4) is 0 Å².